The lowest BCUT2D eigenvalue weighted by molar-refractivity contribution is -0.137. The number of halogens is 4. The quantitative estimate of drug-likeness (QED) is 0.204. The Morgan fingerprint density at radius 2 is 1.88 bits per heavy atom. The first-order chi connectivity index (χ1) is 19.4. The van der Waals surface area contributed by atoms with Gasteiger partial charge in [0.25, 0.3) is 0 Å². The minimum Gasteiger partial charge on any atom is -0.491 e. The van der Waals surface area contributed by atoms with Crippen LogP contribution in [0.25, 0.3) is 0 Å². The third-order valence-corrected chi connectivity index (χ3v) is 8.24. The van der Waals surface area contributed by atoms with Crippen LogP contribution in [0.15, 0.2) is 30.5 Å². The summed E-state index contributed by atoms with van der Waals surface area (Å²) in [5.41, 5.74) is -0.541. The Labute approximate surface area is 241 Å². The van der Waals surface area contributed by atoms with Crippen molar-refractivity contribution in [3.05, 3.63) is 46.6 Å². The maximum absolute atomic E-state index is 13.0. The highest BCUT2D eigenvalue weighted by Crippen LogP contribution is 2.36. The van der Waals surface area contributed by atoms with Gasteiger partial charge in [0.15, 0.2) is 0 Å². The van der Waals surface area contributed by atoms with Gasteiger partial charge in [-0.25, -0.2) is 9.78 Å². The van der Waals surface area contributed by atoms with Crippen molar-refractivity contribution >= 4 is 27.9 Å². The van der Waals surface area contributed by atoms with Gasteiger partial charge in [-0.05, 0) is 43.4 Å². The summed E-state index contributed by atoms with van der Waals surface area (Å²) in [6, 6.07) is 5.10. The van der Waals surface area contributed by atoms with Crippen LogP contribution >= 0.6 is 11.6 Å². The second-order valence-electron chi connectivity index (χ2n) is 9.49. The van der Waals surface area contributed by atoms with Crippen molar-refractivity contribution in [2.24, 2.45) is 0 Å². The van der Waals surface area contributed by atoms with E-state index >= 15 is 0 Å². The number of hydrogen-bond acceptors (Lipinski definition) is 7. The molecule has 1 aromatic heterocycles. The van der Waals surface area contributed by atoms with Crippen LogP contribution < -0.4 is 14.2 Å². The summed E-state index contributed by atoms with van der Waals surface area (Å²) in [4.78, 5) is 15.6. The van der Waals surface area contributed by atoms with Crippen LogP contribution in [0.2, 0.25) is 5.02 Å². The van der Waals surface area contributed by atoms with Crippen molar-refractivity contribution in [1.82, 2.24) is 14.0 Å². The van der Waals surface area contributed by atoms with Gasteiger partial charge in [-0.1, -0.05) is 43.4 Å². The molecule has 2 N–H and O–H groups in total. The predicted octanol–water partition coefficient (Wildman–Crippen LogP) is 6.04. The molecule has 10 nitrogen and oxygen atoms in total. The zero-order valence-corrected chi connectivity index (χ0v) is 24.0. The monoisotopic (exact) mass is 623 g/mol. The summed E-state index contributed by atoms with van der Waals surface area (Å²) in [5.74, 6) is 0.235. The molecule has 1 aliphatic rings. The molecule has 1 fully saturated rings. The Kier molecular flexibility index (Phi) is 11.9. The third kappa shape index (κ3) is 9.90. The maximum Gasteiger partial charge on any atom is 0.422 e. The number of aryl methyl sites for hydroxylation is 1. The molecule has 0 unspecified atom stereocenters. The van der Waals surface area contributed by atoms with Crippen molar-refractivity contribution in [1.29, 1.82) is 0 Å². The lowest BCUT2D eigenvalue weighted by atomic mass is 10.1. The number of hydrogen-bond donors (Lipinski definition) is 2. The number of aromatic nitrogens is 1. The highest BCUT2D eigenvalue weighted by Gasteiger charge is 2.32. The van der Waals surface area contributed by atoms with Crippen molar-refractivity contribution in [2.75, 3.05) is 26.9 Å². The Morgan fingerprint density at radius 1 is 1.17 bits per heavy atom. The molecule has 2 aromatic rings. The van der Waals surface area contributed by atoms with Crippen molar-refractivity contribution in [3.8, 4) is 17.4 Å². The van der Waals surface area contributed by atoms with Crippen LogP contribution in [0.1, 0.15) is 56.1 Å². The second kappa shape index (κ2) is 14.9. The smallest absolute Gasteiger partial charge is 0.422 e. The fourth-order valence-corrected chi connectivity index (χ4v) is 5.90. The van der Waals surface area contributed by atoms with Gasteiger partial charge in [0.2, 0.25) is 5.88 Å². The van der Waals surface area contributed by atoms with E-state index in [9.17, 15) is 31.5 Å². The molecule has 0 spiro atoms. The van der Waals surface area contributed by atoms with E-state index in [0.29, 0.717) is 47.3 Å². The lowest BCUT2D eigenvalue weighted by Gasteiger charge is -2.23. The molecule has 1 saturated carbocycles. The van der Waals surface area contributed by atoms with E-state index < -0.39 is 28.0 Å². The maximum atomic E-state index is 13.0. The Hall–Kier alpha value is -2.81. The molecule has 0 aliphatic heterocycles. The fraction of sp³-hybridized carbons (Fsp3) is 0.538. The number of benzene rings is 1. The largest absolute Gasteiger partial charge is 0.491 e. The lowest BCUT2D eigenvalue weighted by Crippen LogP contribution is -2.47. The van der Waals surface area contributed by atoms with E-state index in [4.69, 9.17) is 25.8 Å². The van der Waals surface area contributed by atoms with Crippen LogP contribution in [0.4, 0.5) is 18.0 Å². The van der Waals surface area contributed by atoms with Crippen molar-refractivity contribution in [2.45, 2.75) is 63.6 Å². The number of nitrogens with one attached hydrogen (secondary N) is 1. The van der Waals surface area contributed by atoms with Crippen molar-refractivity contribution in [3.63, 3.8) is 0 Å². The summed E-state index contributed by atoms with van der Waals surface area (Å²) in [6.45, 7) is 0.189. The van der Waals surface area contributed by atoms with E-state index in [1.165, 1.54) is 13.2 Å². The molecule has 1 heterocycles. The summed E-state index contributed by atoms with van der Waals surface area (Å²) in [7, 11) is -2.78. The first-order valence-corrected chi connectivity index (χ1v) is 14.9. The summed E-state index contributed by atoms with van der Waals surface area (Å²) in [6.07, 6.45) is -0.361. The highest BCUT2D eigenvalue weighted by molar-refractivity contribution is 7.87. The van der Waals surface area contributed by atoms with Crippen LogP contribution in [-0.4, -0.2) is 61.8 Å². The van der Waals surface area contributed by atoms with Gasteiger partial charge < -0.3 is 19.3 Å². The third-order valence-electron chi connectivity index (χ3n) is 6.42. The van der Waals surface area contributed by atoms with Crippen LogP contribution in [0.3, 0.4) is 0 Å². The zero-order chi connectivity index (χ0) is 30.0. The average Bonchev–Trinajstić information content (AvgIpc) is 3.16. The molecule has 0 atom stereocenters. The SMILES string of the molecule is COCCOc1ccc(CCCN(C(=O)O)S(=O)(=O)NC2CCCCCC2)c(Oc2ncc(C(F)(F)F)cc2Cl)c1. The van der Waals surface area contributed by atoms with Crippen LogP contribution in [0.5, 0.6) is 17.4 Å². The number of carboxylic acid groups (broad SMARTS) is 1. The molecule has 3 rings (SSSR count). The zero-order valence-electron chi connectivity index (χ0n) is 22.5. The molecule has 228 valence electrons. The van der Waals surface area contributed by atoms with Crippen LogP contribution in [0, 0.1) is 0 Å². The first-order valence-electron chi connectivity index (χ1n) is 13.1. The van der Waals surface area contributed by atoms with E-state index in [2.05, 4.69) is 9.71 Å². The Bertz CT molecular complexity index is 1270. The predicted molar refractivity (Wildman–Crippen MR) is 145 cm³/mol. The normalized spacial score (nSPS) is 14.9. The molecule has 0 radical (unpaired) electrons. The number of rotatable bonds is 13. The van der Waals surface area contributed by atoms with Gasteiger partial charge in [-0.15, -0.1) is 0 Å². The molecule has 1 aromatic carbocycles. The fourth-order valence-electron chi connectivity index (χ4n) is 4.33. The highest BCUT2D eigenvalue weighted by atomic mass is 35.5. The Morgan fingerprint density at radius 3 is 2.49 bits per heavy atom. The number of methoxy groups -OCH3 is 1. The Balaban J connectivity index is 1.76. The number of alkyl halides is 3. The van der Waals surface area contributed by atoms with E-state index in [-0.39, 0.29) is 48.7 Å². The van der Waals surface area contributed by atoms with E-state index in [1.807, 2.05) is 0 Å². The number of ether oxygens (including phenoxy) is 3. The van der Waals surface area contributed by atoms with Gasteiger partial charge in [0.05, 0.1) is 12.2 Å². The topological polar surface area (TPSA) is 127 Å². The van der Waals surface area contributed by atoms with Gasteiger partial charge in [-0.2, -0.15) is 30.6 Å². The van der Waals surface area contributed by atoms with E-state index in [0.717, 1.165) is 25.7 Å². The average molecular weight is 624 g/mol. The molecule has 1 aliphatic carbocycles. The summed E-state index contributed by atoms with van der Waals surface area (Å²) in [5, 5.41) is 9.27. The van der Waals surface area contributed by atoms with E-state index in [1.54, 1.807) is 12.1 Å². The van der Waals surface area contributed by atoms with Gasteiger partial charge in [-0.3, -0.25) is 0 Å². The number of carbonyl (C=O) groups is 1. The molecule has 0 saturated heterocycles. The minimum atomic E-state index is -4.64. The van der Waals surface area contributed by atoms with Gasteiger partial charge in [0, 0.05) is 32.0 Å². The molecule has 41 heavy (non-hydrogen) atoms. The minimum absolute atomic E-state index is 0.0896. The van der Waals surface area contributed by atoms with Crippen LogP contribution in [-0.2, 0) is 27.5 Å². The number of nitrogens with zero attached hydrogens (tertiary/aromatic N) is 2. The molecule has 1 amide bonds. The van der Waals surface area contributed by atoms with Crippen molar-refractivity contribution < 1.29 is 45.7 Å². The number of amides is 1. The molecular weight excluding hydrogens is 591 g/mol. The number of pyridine rings is 1. The van der Waals surface area contributed by atoms with Gasteiger partial charge >= 0.3 is 22.5 Å². The second-order valence-corrected chi connectivity index (χ2v) is 11.5. The molecular formula is C26H33ClF3N3O7S. The summed E-state index contributed by atoms with van der Waals surface area (Å²) >= 11 is 6.02. The molecule has 0 bridgehead atoms. The standard InChI is InChI=1S/C26H33ClF3N3O7S/c1-38-13-14-39-21-11-10-18(23(16-21)40-24-22(27)15-19(17-31-24)26(28,29)30)7-6-12-33(25(34)35)41(36,37)32-20-8-4-2-3-5-9-20/h10-11,15-17,20,32H,2-9,12-14H2,1H3,(H,34,35). The first kappa shape index (κ1) is 32.7. The summed E-state index contributed by atoms with van der Waals surface area (Å²) < 4.78 is 84.1. The molecule has 15 heteroatoms. The van der Waals surface area contributed by atoms with Gasteiger partial charge in [0.1, 0.15) is 23.1 Å².